The number of nitrogens with zero attached hydrogens (tertiary/aromatic N) is 2. The third kappa shape index (κ3) is 2.42. The minimum Gasteiger partial charge on any atom is -0.278 e. The van der Waals surface area contributed by atoms with Gasteiger partial charge in [-0.15, -0.1) is 0 Å². The van der Waals surface area contributed by atoms with Crippen LogP contribution in [0.4, 0.5) is 0 Å². The van der Waals surface area contributed by atoms with Crippen molar-refractivity contribution >= 4 is 22.7 Å². The summed E-state index contributed by atoms with van der Waals surface area (Å²) in [5, 5.41) is 1.04. The predicted molar refractivity (Wildman–Crippen MR) is 87.4 cm³/mol. The zero-order chi connectivity index (χ0) is 15.9. The fraction of sp³-hybridized carbons (Fsp3) is 0.421. The van der Waals surface area contributed by atoms with Gasteiger partial charge in [-0.05, 0) is 36.6 Å². The zero-order valence-electron chi connectivity index (χ0n) is 13.1. The van der Waals surface area contributed by atoms with Crippen LogP contribution in [-0.2, 0) is 16.1 Å². The van der Waals surface area contributed by atoms with E-state index < -0.39 is 5.41 Å². The van der Waals surface area contributed by atoms with Crippen molar-refractivity contribution in [1.82, 2.24) is 9.88 Å². The number of fused-ring (bicyclic) bond motifs is 1. The van der Waals surface area contributed by atoms with E-state index in [4.69, 9.17) is 0 Å². The molecule has 1 saturated carbocycles. The van der Waals surface area contributed by atoms with Gasteiger partial charge in [-0.1, -0.05) is 31.4 Å². The van der Waals surface area contributed by atoms with Gasteiger partial charge < -0.3 is 0 Å². The number of amides is 2. The van der Waals surface area contributed by atoms with E-state index in [1.807, 2.05) is 30.3 Å². The Morgan fingerprint density at radius 3 is 2.74 bits per heavy atom. The molecule has 118 valence electrons. The number of pyridine rings is 1. The number of imide groups is 1. The highest BCUT2D eigenvalue weighted by molar-refractivity contribution is 6.05. The van der Waals surface area contributed by atoms with Gasteiger partial charge in [0.25, 0.3) is 0 Å². The fourth-order valence-corrected chi connectivity index (χ4v) is 4.05. The molecule has 1 aliphatic heterocycles. The molecule has 2 aromatic rings. The van der Waals surface area contributed by atoms with E-state index >= 15 is 0 Å². The molecular weight excluding hydrogens is 288 g/mol. The van der Waals surface area contributed by atoms with Crippen LogP contribution >= 0.6 is 0 Å². The maximum absolute atomic E-state index is 12.9. The van der Waals surface area contributed by atoms with Crippen molar-refractivity contribution in [2.24, 2.45) is 5.41 Å². The number of benzene rings is 1. The largest absolute Gasteiger partial charge is 0.278 e. The first-order valence-electron chi connectivity index (χ1n) is 8.36. The average Bonchev–Trinajstić information content (AvgIpc) is 2.80. The number of rotatable bonds is 2. The van der Waals surface area contributed by atoms with Gasteiger partial charge in [0, 0.05) is 18.0 Å². The molecule has 1 spiro atoms. The van der Waals surface area contributed by atoms with Gasteiger partial charge in [-0.2, -0.15) is 0 Å². The summed E-state index contributed by atoms with van der Waals surface area (Å²) in [7, 11) is 0. The zero-order valence-corrected chi connectivity index (χ0v) is 13.1. The lowest BCUT2D eigenvalue weighted by molar-refractivity contribution is -0.142. The van der Waals surface area contributed by atoms with Crippen molar-refractivity contribution in [3.63, 3.8) is 0 Å². The second kappa shape index (κ2) is 5.44. The topological polar surface area (TPSA) is 50.3 Å². The minimum absolute atomic E-state index is 0.0109. The lowest BCUT2D eigenvalue weighted by Crippen LogP contribution is -2.36. The summed E-state index contributed by atoms with van der Waals surface area (Å²) < 4.78 is 0. The highest BCUT2D eigenvalue weighted by Crippen LogP contribution is 2.45. The van der Waals surface area contributed by atoms with Crippen LogP contribution in [0.2, 0.25) is 0 Å². The maximum atomic E-state index is 12.9. The summed E-state index contributed by atoms with van der Waals surface area (Å²) in [6, 6.07) is 9.83. The second-order valence-corrected chi connectivity index (χ2v) is 6.83. The third-order valence-electron chi connectivity index (χ3n) is 5.31. The van der Waals surface area contributed by atoms with Crippen molar-refractivity contribution < 1.29 is 9.59 Å². The number of carbonyl (C=O) groups excluding carboxylic acids is 2. The number of carbonyl (C=O) groups is 2. The molecule has 4 heteroatoms. The monoisotopic (exact) mass is 308 g/mol. The number of hydrogen-bond acceptors (Lipinski definition) is 3. The summed E-state index contributed by atoms with van der Waals surface area (Å²) in [5.74, 6) is 0.0386. The summed E-state index contributed by atoms with van der Waals surface area (Å²) in [4.78, 5) is 31.1. The Labute approximate surface area is 135 Å². The molecular formula is C19H20N2O2. The first-order chi connectivity index (χ1) is 11.2. The van der Waals surface area contributed by atoms with Gasteiger partial charge in [0.2, 0.25) is 11.8 Å². The Morgan fingerprint density at radius 2 is 1.91 bits per heavy atom. The van der Waals surface area contributed by atoms with Crippen molar-refractivity contribution in [3.05, 3.63) is 42.1 Å². The Bertz CT molecular complexity index is 778. The molecule has 1 saturated heterocycles. The van der Waals surface area contributed by atoms with Crippen LogP contribution in [0.5, 0.6) is 0 Å². The lowest BCUT2D eigenvalue weighted by atomic mass is 9.73. The quantitative estimate of drug-likeness (QED) is 0.799. The number of hydrogen-bond donors (Lipinski definition) is 0. The van der Waals surface area contributed by atoms with Crippen LogP contribution in [-0.4, -0.2) is 21.7 Å². The van der Waals surface area contributed by atoms with Gasteiger partial charge in [0.1, 0.15) is 0 Å². The van der Waals surface area contributed by atoms with Crippen LogP contribution in [0, 0.1) is 5.41 Å². The third-order valence-corrected chi connectivity index (χ3v) is 5.31. The molecule has 2 amide bonds. The first kappa shape index (κ1) is 14.4. The molecule has 4 nitrogen and oxygen atoms in total. The normalized spacial score (nSPS) is 20.6. The summed E-state index contributed by atoms with van der Waals surface area (Å²) >= 11 is 0. The highest BCUT2D eigenvalue weighted by Gasteiger charge is 2.51. The summed E-state index contributed by atoms with van der Waals surface area (Å²) in [5.41, 5.74) is 1.52. The molecule has 0 N–H and O–H groups in total. The van der Waals surface area contributed by atoms with Gasteiger partial charge >= 0.3 is 0 Å². The predicted octanol–water partition coefficient (Wildman–Crippen LogP) is 3.44. The van der Waals surface area contributed by atoms with Crippen LogP contribution in [0.15, 0.2) is 36.5 Å². The molecule has 1 aliphatic carbocycles. The highest BCUT2D eigenvalue weighted by atomic mass is 16.2. The average molecular weight is 308 g/mol. The van der Waals surface area contributed by atoms with Crippen molar-refractivity contribution in [2.75, 3.05) is 0 Å². The SMILES string of the molecule is O=C1CC2(CCCCC2)C(=O)N1Cc1ccc2ncccc2c1. The van der Waals surface area contributed by atoms with E-state index in [2.05, 4.69) is 4.98 Å². The van der Waals surface area contributed by atoms with Gasteiger partial charge in [0.05, 0.1) is 17.5 Å². The Balaban J connectivity index is 1.60. The van der Waals surface area contributed by atoms with Crippen molar-refractivity contribution in [2.45, 2.75) is 45.1 Å². The van der Waals surface area contributed by atoms with E-state index in [-0.39, 0.29) is 11.8 Å². The van der Waals surface area contributed by atoms with E-state index in [1.54, 1.807) is 6.20 Å². The van der Waals surface area contributed by atoms with E-state index in [0.29, 0.717) is 13.0 Å². The maximum Gasteiger partial charge on any atom is 0.236 e. The molecule has 1 aromatic carbocycles. The van der Waals surface area contributed by atoms with Crippen LogP contribution in [0.1, 0.15) is 44.1 Å². The Kier molecular flexibility index (Phi) is 3.40. The summed E-state index contributed by atoms with van der Waals surface area (Å²) in [6.45, 7) is 0.379. The number of likely N-dealkylation sites (tertiary alicyclic amines) is 1. The van der Waals surface area contributed by atoms with Crippen LogP contribution in [0.25, 0.3) is 10.9 Å². The Morgan fingerprint density at radius 1 is 1.09 bits per heavy atom. The van der Waals surface area contributed by atoms with E-state index in [1.165, 1.54) is 11.3 Å². The molecule has 4 rings (SSSR count). The minimum atomic E-state index is -0.395. The first-order valence-corrected chi connectivity index (χ1v) is 8.36. The van der Waals surface area contributed by atoms with Gasteiger partial charge in [-0.25, -0.2) is 0 Å². The van der Waals surface area contributed by atoms with Crippen molar-refractivity contribution in [1.29, 1.82) is 0 Å². The molecule has 0 radical (unpaired) electrons. The second-order valence-electron chi connectivity index (χ2n) is 6.83. The van der Waals surface area contributed by atoms with Crippen LogP contribution in [0.3, 0.4) is 0 Å². The Hall–Kier alpha value is -2.23. The smallest absolute Gasteiger partial charge is 0.236 e. The molecule has 2 fully saturated rings. The molecule has 0 atom stereocenters. The molecule has 0 bridgehead atoms. The number of aromatic nitrogens is 1. The molecule has 1 aromatic heterocycles. The molecule has 23 heavy (non-hydrogen) atoms. The standard InChI is InChI=1S/C19H20N2O2/c22-17-12-19(8-2-1-3-9-19)18(23)21(17)13-14-6-7-16-15(11-14)5-4-10-20-16/h4-7,10-11H,1-3,8-9,12-13H2. The molecule has 0 unspecified atom stereocenters. The van der Waals surface area contributed by atoms with Crippen LogP contribution < -0.4 is 0 Å². The van der Waals surface area contributed by atoms with Gasteiger partial charge in [0.15, 0.2) is 0 Å². The van der Waals surface area contributed by atoms with E-state index in [0.717, 1.165) is 42.1 Å². The van der Waals surface area contributed by atoms with Gasteiger partial charge in [-0.3, -0.25) is 19.5 Å². The lowest BCUT2D eigenvalue weighted by Gasteiger charge is -2.30. The fourth-order valence-electron chi connectivity index (χ4n) is 4.05. The summed E-state index contributed by atoms with van der Waals surface area (Å²) in [6.07, 6.45) is 7.22. The molecule has 2 heterocycles. The van der Waals surface area contributed by atoms with E-state index in [9.17, 15) is 9.59 Å². The van der Waals surface area contributed by atoms with Crippen molar-refractivity contribution in [3.8, 4) is 0 Å². The molecule has 2 aliphatic rings.